The Balaban J connectivity index is 1.47. The first-order valence-corrected chi connectivity index (χ1v) is 9.26. The third-order valence-corrected chi connectivity index (χ3v) is 5.05. The number of unbranched alkanes of at least 4 members (excludes halogenated alkanes) is 2. The fraction of sp³-hybridized carbons (Fsp3) is 1.00. The minimum atomic E-state index is 0.274. The molecule has 1 N–H and O–H groups in total. The van der Waals surface area contributed by atoms with Gasteiger partial charge in [-0.1, -0.05) is 19.3 Å². The Morgan fingerprint density at radius 3 is 2.19 bits per heavy atom. The first-order valence-electron chi connectivity index (χ1n) is 9.26. The Morgan fingerprint density at radius 1 is 0.905 bits per heavy atom. The van der Waals surface area contributed by atoms with Crippen molar-refractivity contribution in [1.29, 1.82) is 0 Å². The van der Waals surface area contributed by atoms with Crippen molar-refractivity contribution in [3.63, 3.8) is 0 Å². The topological polar surface area (TPSA) is 18.5 Å². The molecule has 21 heavy (non-hydrogen) atoms. The van der Waals surface area contributed by atoms with Crippen molar-refractivity contribution in [2.24, 2.45) is 0 Å². The van der Waals surface area contributed by atoms with Crippen LogP contribution in [0.3, 0.4) is 0 Å². The number of piperazine rings is 1. The quantitative estimate of drug-likeness (QED) is 0.728. The SMILES string of the molecule is CC(C)(C)NCCCCCN1CCN(C2CCCC2)CC1. The lowest BCUT2D eigenvalue weighted by Crippen LogP contribution is -2.49. The summed E-state index contributed by atoms with van der Waals surface area (Å²) < 4.78 is 0. The molecule has 2 aliphatic rings. The molecule has 1 heterocycles. The van der Waals surface area contributed by atoms with Crippen LogP contribution < -0.4 is 5.32 Å². The van der Waals surface area contributed by atoms with Crippen molar-refractivity contribution in [1.82, 2.24) is 15.1 Å². The highest BCUT2D eigenvalue weighted by atomic mass is 15.3. The normalized spacial score (nSPS) is 23.0. The van der Waals surface area contributed by atoms with Crippen molar-refractivity contribution >= 4 is 0 Å². The summed E-state index contributed by atoms with van der Waals surface area (Å²) in [5.41, 5.74) is 0.274. The van der Waals surface area contributed by atoms with E-state index in [0.29, 0.717) is 0 Å². The average Bonchev–Trinajstić information content (AvgIpc) is 2.96. The monoisotopic (exact) mass is 295 g/mol. The van der Waals surface area contributed by atoms with Crippen LogP contribution in [0.15, 0.2) is 0 Å². The molecular weight excluding hydrogens is 258 g/mol. The lowest BCUT2D eigenvalue weighted by molar-refractivity contribution is 0.0967. The van der Waals surface area contributed by atoms with Crippen molar-refractivity contribution in [2.45, 2.75) is 77.3 Å². The van der Waals surface area contributed by atoms with E-state index in [0.717, 1.165) is 6.04 Å². The van der Waals surface area contributed by atoms with Crippen LogP contribution in [0.25, 0.3) is 0 Å². The number of nitrogens with zero attached hydrogens (tertiary/aromatic N) is 2. The van der Waals surface area contributed by atoms with Gasteiger partial charge < -0.3 is 10.2 Å². The van der Waals surface area contributed by atoms with E-state index in [1.54, 1.807) is 0 Å². The lowest BCUT2D eigenvalue weighted by atomic mass is 10.1. The van der Waals surface area contributed by atoms with Crippen LogP contribution >= 0.6 is 0 Å². The van der Waals surface area contributed by atoms with Gasteiger partial charge in [0.2, 0.25) is 0 Å². The van der Waals surface area contributed by atoms with Gasteiger partial charge in [-0.25, -0.2) is 0 Å². The summed E-state index contributed by atoms with van der Waals surface area (Å²) in [7, 11) is 0. The predicted molar refractivity (Wildman–Crippen MR) is 91.9 cm³/mol. The maximum absolute atomic E-state index is 3.58. The molecule has 124 valence electrons. The molecule has 0 amide bonds. The molecule has 3 nitrogen and oxygen atoms in total. The highest BCUT2D eigenvalue weighted by Crippen LogP contribution is 2.24. The standard InChI is InChI=1S/C18H37N3/c1-18(2,3)19-11-7-4-8-12-20-13-15-21(16-14-20)17-9-5-6-10-17/h17,19H,4-16H2,1-3H3. The highest BCUT2D eigenvalue weighted by Gasteiger charge is 2.25. The molecule has 1 saturated carbocycles. The Kier molecular flexibility index (Phi) is 6.97. The predicted octanol–water partition coefficient (Wildman–Crippen LogP) is 3.11. The van der Waals surface area contributed by atoms with E-state index in [1.165, 1.54) is 84.2 Å². The van der Waals surface area contributed by atoms with Gasteiger partial charge in [0.15, 0.2) is 0 Å². The molecular formula is C18H37N3. The fourth-order valence-corrected chi connectivity index (χ4v) is 3.72. The van der Waals surface area contributed by atoms with Crippen molar-refractivity contribution in [3.8, 4) is 0 Å². The van der Waals surface area contributed by atoms with Gasteiger partial charge in [0.25, 0.3) is 0 Å². The number of nitrogens with one attached hydrogen (secondary N) is 1. The third-order valence-electron chi connectivity index (χ3n) is 5.05. The zero-order chi connectivity index (χ0) is 15.1. The van der Waals surface area contributed by atoms with E-state index in [1.807, 2.05) is 0 Å². The molecule has 0 unspecified atom stereocenters. The second-order valence-corrected chi connectivity index (χ2v) is 8.05. The van der Waals surface area contributed by atoms with Gasteiger partial charge in [0, 0.05) is 37.8 Å². The summed E-state index contributed by atoms with van der Waals surface area (Å²) >= 11 is 0. The molecule has 0 bridgehead atoms. The molecule has 0 spiro atoms. The molecule has 1 saturated heterocycles. The van der Waals surface area contributed by atoms with E-state index in [-0.39, 0.29) is 5.54 Å². The van der Waals surface area contributed by atoms with E-state index in [4.69, 9.17) is 0 Å². The maximum Gasteiger partial charge on any atom is 0.0113 e. The van der Waals surface area contributed by atoms with Crippen LogP contribution in [0, 0.1) is 0 Å². The largest absolute Gasteiger partial charge is 0.312 e. The average molecular weight is 296 g/mol. The van der Waals surface area contributed by atoms with E-state index >= 15 is 0 Å². The second kappa shape index (κ2) is 8.50. The molecule has 1 aliphatic carbocycles. The Hall–Kier alpha value is -0.120. The van der Waals surface area contributed by atoms with Gasteiger partial charge in [0.05, 0.1) is 0 Å². The Labute approximate surface area is 132 Å². The minimum absolute atomic E-state index is 0.274. The second-order valence-electron chi connectivity index (χ2n) is 8.05. The van der Waals surface area contributed by atoms with Gasteiger partial charge in [-0.3, -0.25) is 4.90 Å². The van der Waals surface area contributed by atoms with Gasteiger partial charge in [-0.2, -0.15) is 0 Å². The smallest absolute Gasteiger partial charge is 0.0113 e. The van der Waals surface area contributed by atoms with E-state index in [9.17, 15) is 0 Å². The van der Waals surface area contributed by atoms with Crippen LogP contribution in [0.4, 0.5) is 0 Å². The Bertz CT molecular complexity index is 271. The van der Waals surface area contributed by atoms with Crippen molar-refractivity contribution in [2.75, 3.05) is 39.3 Å². The van der Waals surface area contributed by atoms with E-state index in [2.05, 4.69) is 35.9 Å². The summed E-state index contributed by atoms with van der Waals surface area (Å²) in [5, 5.41) is 3.58. The van der Waals surface area contributed by atoms with Gasteiger partial charge >= 0.3 is 0 Å². The molecule has 0 atom stereocenters. The summed E-state index contributed by atoms with van der Waals surface area (Å²) in [6.07, 6.45) is 9.91. The first kappa shape index (κ1) is 17.2. The summed E-state index contributed by atoms with van der Waals surface area (Å²) in [6, 6.07) is 0.927. The van der Waals surface area contributed by atoms with Gasteiger partial charge in [0.1, 0.15) is 0 Å². The fourth-order valence-electron chi connectivity index (χ4n) is 3.72. The first-order chi connectivity index (χ1) is 10.0. The van der Waals surface area contributed by atoms with Crippen molar-refractivity contribution < 1.29 is 0 Å². The summed E-state index contributed by atoms with van der Waals surface area (Å²) in [5.74, 6) is 0. The van der Waals surface area contributed by atoms with Crippen LogP contribution in [0.5, 0.6) is 0 Å². The zero-order valence-electron chi connectivity index (χ0n) is 14.7. The summed E-state index contributed by atoms with van der Waals surface area (Å²) in [4.78, 5) is 5.44. The Morgan fingerprint density at radius 2 is 1.57 bits per heavy atom. The molecule has 2 rings (SSSR count). The number of hydrogen-bond donors (Lipinski definition) is 1. The summed E-state index contributed by atoms with van der Waals surface area (Å²) in [6.45, 7) is 14.5. The van der Waals surface area contributed by atoms with Gasteiger partial charge in [-0.05, 0) is 59.5 Å². The van der Waals surface area contributed by atoms with Crippen molar-refractivity contribution in [3.05, 3.63) is 0 Å². The molecule has 0 aromatic rings. The maximum atomic E-state index is 3.58. The highest BCUT2D eigenvalue weighted by molar-refractivity contribution is 4.82. The van der Waals surface area contributed by atoms with Crippen LogP contribution in [-0.4, -0.2) is 60.6 Å². The third kappa shape index (κ3) is 6.66. The van der Waals surface area contributed by atoms with Gasteiger partial charge in [-0.15, -0.1) is 0 Å². The van der Waals surface area contributed by atoms with E-state index < -0.39 is 0 Å². The molecule has 0 aromatic heterocycles. The molecule has 1 aliphatic heterocycles. The minimum Gasteiger partial charge on any atom is -0.312 e. The molecule has 0 radical (unpaired) electrons. The van der Waals surface area contributed by atoms with Crippen LogP contribution in [0.2, 0.25) is 0 Å². The molecule has 2 fully saturated rings. The van der Waals surface area contributed by atoms with Crippen LogP contribution in [-0.2, 0) is 0 Å². The number of rotatable bonds is 7. The molecule has 0 aromatic carbocycles. The number of hydrogen-bond acceptors (Lipinski definition) is 3. The lowest BCUT2D eigenvalue weighted by Gasteiger charge is -2.38. The zero-order valence-corrected chi connectivity index (χ0v) is 14.7. The van der Waals surface area contributed by atoms with Crippen LogP contribution in [0.1, 0.15) is 65.7 Å². The molecule has 3 heteroatoms.